The van der Waals surface area contributed by atoms with Crippen molar-refractivity contribution in [3.63, 3.8) is 0 Å². The number of amides is 1. The molecule has 102 valence electrons. The van der Waals surface area contributed by atoms with Crippen molar-refractivity contribution in [2.45, 2.75) is 52.4 Å². The Bertz CT molecular complexity index is 315. The van der Waals surface area contributed by atoms with Crippen LogP contribution >= 0.6 is 0 Å². The SMILES string of the molecule is CC(C)CC1(C(=O)NCCCN=[N+]=[N-])CCCC1. The number of nitrogens with one attached hydrogen (secondary N) is 1. The molecule has 0 radical (unpaired) electrons. The van der Waals surface area contributed by atoms with Gasteiger partial charge in [-0.2, -0.15) is 0 Å². The van der Waals surface area contributed by atoms with Gasteiger partial charge in [-0.05, 0) is 37.1 Å². The van der Waals surface area contributed by atoms with E-state index in [0.717, 1.165) is 19.3 Å². The highest BCUT2D eigenvalue weighted by molar-refractivity contribution is 5.82. The lowest BCUT2D eigenvalue weighted by Crippen LogP contribution is -2.40. The molecule has 0 aromatic carbocycles. The summed E-state index contributed by atoms with van der Waals surface area (Å²) in [6.45, 7) is 5.41. The number of carbonyl (C=O) groups excluding carboxylic acids is 1. The molecule has 1 fully saturated rings. The maximum absolute atomic E-state index is 12.3. The molecule has 5 heteroatoms. The van der Waals surface area contributed by atoms with Gasteiger partial charge in [-0.15, -0.1) is 0 Å². The number of azide groups is 1. The van der Waals surface area contributed by atoms with Crippen LogP contribution in [0.15, 0.2) is 5.11 Å². The highest BCUT2D eigenvalue weighted by atomic mass is 16.2. The zero-order chi connectivity index (χ0) is 13.4. The zero-order valence-electron chi connectivity index (χ0n) is 11.5. The second-order valence-electron chi connectivity index (χ2n) is 5.65. The number of nitrogens with zero attached hydrogens (tertiary/aromatic N) is 3. The maximum Gasteiger partial charge on any atom is 0.226 e. The summed E-state index contributed by atoms with van der Waals surface area (Å²) in [6.07, 6.45) is 6.07. The van der Waals surface area contributed by atoms with Crippen LogP contribution in [0.3, 0.4) is 0 Å². The van der Waals surface area contributed by atoms with Gasteiger partial charge in [-0.25, -0.2) is 0 Å². The zero-order valence-corrected chi connectivity index (χ0v) is 11.5. The molecular weight excluding hydrogens is 228 g/mol. The van der Waals surface area contributed by atoms with E-state index in [0.29, 0.717) is 25.4 Å². The van der Waals surface area contributed by atoms with Crippen LogP contribution in [0.2, 0.25) is 0 Å². The Kier molecular flexibility index (Phi) is 5.99. The fourth-order valence-electron chi connectivity index (χ4n) is 2.94. The van der Waals surface area contributed by atoms with Crippen LogP contribution in [0.25, 0.3) is 10.4 Å². The third-order valence-electron chi connectivity index (χ3n) is 3.63. The summed E-state index contributed by atoms with van der Waals surface area (Å²) < 4.78 is 0. The van der Waals surface area contributed by atoms with Crippen molar-refractivity contribution in [1.82, 2.24) is 5.32 Å². The van der Waals surface area contributed by atoms with Crippen LogP contribution in [-0.4, -0.2) is 19.0 Å². The number of hydrogen-bond acceptors (Lipinski definition) is 2. The van der Waals surface area contributed by atoms with Gasteiger partial charge in [0.15, 0.2) is 0 Å². The van der Waals surface area contributed by atoms with Gasteiger partial charge in [0.1, 0.15) is 0 Å². The van der Waals surface area contributed by atoms with E-state index in [9.17, 15) is 4.79 Å². The summed E-state index contributed by atoms with van der Waals surface area (Å²) in [6, 6.07) is 0. The minimum absolute atomic E-state index is 0.132. The van der Waals surface area contributed by atoms with Crippen LogP contribution in [-0.2, 0) is 4.79 Å². The van der Waals surface area contributed by atoms with Gasteiger partial charge < -0.3 is 5.32 Å². The van der Waals surface area contributed by atoms with Crippen molar-refractivity contribution >= 4 is 5.91 Å². The molecule has 0 aromatic rings. The van der Waals surface area contributed by atoms with Crippen LogP contribution in [0.4, 0.5) is 0 Å². The summed E-state index contributed by atoms with van der Waals surface area (Å²) in [5.41, 5.74) is 8.03. The lowest BCUT2D eigenvalue weighted by Gasteiger charge is -2.29. The third kappa shape index (κ3) is 4.22. The molecule has 0 aromatic heterocycles. The molecule has 0 spiro atoms. The highest BCUT2D eigenvalue weighted by Gasteiger charge is 2.40. The van der Waals surface area contributed by atoms with E-state index in [1.165, 1.54) is 12.8 Å². The fourth-order valence-corrected chi connectivity index (χ4v) is 2.94. The van der Waals surface area contributed by atoms with Crippen molar-refractivity contribution in [3.8, 4) is 0 Å². The first kappa shape index (κ1) is 14.8. The quantitative estimate of drug-likeness (QED) is 0.320. The molecule has 5 nitrogen and oxygen atoms in total. The first-order valence-corrected chi connectivity index (χ1v) is 6.90. The van der Waals surface area contributed by atoms with Crippen molar-refractivity contribution < 1.29 is 4.79 Å². The molecule has 0 unspecified atom stereocenters. The molecule has 0 aliphatic heterocycles. The lowest BCUT2D eigenvalue weighted by atomic mass is 9.77. The van der Waals surface area contributed by atoms with Crippen LogP contribution in [0.1, 0.15) is 52.4 Å². The topological polar surface area (TPSA) is 77.9 Å². The van der Waals surface area contributed by atoms with Crippen LogP contribution in [0.5, 0.6) is 0 Å². The third-order valence-corrected chi connectivity index (χ3v) is 3.63. The molecule has 1 rings (SSSR count). The van der Waals surface area contributed by atoms with Gasteiger partial charge in [-0.3, -0.25) is 4.79 Å². The minimum Gasteiger partial charge on any atom is -0.356 e. The average molecular weight is 252 g/mol. The molecule has 1 N–H and O–H groups in total. The second-order valence-corrected chi connectivity index (χ2v) is 5.65. The Morgan fingerprint density at radius 1 is 1.44 bits per heavy atom. The molecule has 1 aliphatic rings. The number of carbonyl (C=O) groups is 1. The van der Waals surface area contributed by atoms with Gasteiger partial charge in [0.2, 0.25) is 5.91 Å². The van der Waals surface area contributed by atoms with Crippen LogP contribution < -0.4 is 5.32 Å². The van der Waals surface area contributed by atoms with Gasteiger partial charge in [-0.1, -0.05) is 31.8 Å². The average Bonchev–Trinajstić information content (AvgIpc) is 2.77. The Hall–Kier alpha value is -1.22. The number of rotatable bonds is 7. The summed E-state index contributed by atoms with van der Waals surface area (Å²) in [5, 5.41) is 6.47. The van der Waals surface area contributed by atoms with E-state index < -0.39 is 0 Å². The monoisotopic (exact) mass is 252 g/mol. The van der Waals surface area contributed by atoms with Crippen molar-refractivity contribution in [2.24, 2.45) is 16.4 Å². The lowest BCUT2D eigenvalue weighted by molar-refractivity contribution is -0.131. The maximum atomic E-state index is 12.3. The van der Waals surface area contributed by atoms with Crippen molar-refractivity contribution in [1.29, 1.82) is 0 Å². The van der Waals surface area contributed by atoms with E-state index in [1.807, 2.05) is 0 Å². The normalized spacial score (nSPS) is 17.5. The molecular formula is C13H24N4O. The predicted molar refractivity (Wildman–Crippen MR) is 72.0 cm³/mol. The first-order valence-electron chi connectivity index (χ1n) is 6.90. The van der Waals surface area contributed by atoms with E-state index in [1.54, 1.807) is 0 Å². The Morgan fingerprint density at radius 2 is 2.11 bits per heavy atom. The molecule has 18 heavy (non-hydrogen) atoms. The largest absolute Gasteiger partial charge is 0.356 e. The van der Waals surface area contributed by atoms with Gasteiger partial charge in [0.05, 0.1) is 0 Å². The Morgan fingerprint density at radius 3 is 2.67 bits per heavy atom. The smallest absolute Gasteiger partial charge is 0.226 e. The summed E-state index contributed by atoms with van der Waals surface area (Å²) >= 11 is 0. The number of hydrogen-bond donors (Lipinski definition) is 1. The summed E-state index contributed by atoms with van der Waals surface area (Å²) in [7, 11) is 0. The van der Waals surface area contributed by atoms with Crippen LogP contribution in [0, 0.1) is 11.3 Å². The van der Waals surface area contributed by atoms with Gasteiger partial charge in [0, 0.05) is 23.4 Å². The molecule has 0 saturated heterocycles. The molecule has 0 bridgehead atoms. The Labute approximate surface area is 109 Å². The highest BCUT2D eigenvalue weighted by Crippen LogP contribution is 2.43. The van der Waals surface area contributed by atoms with E-state index in [2.05, 4.69) is 29.2 Å². The summed E-state index contributed by atoms with van der Waals surface area (Å²) in [4.78, 5) is 15.0. The Balaban J connectivity index is 2.42. The van der Waals surface area contributed by atoms with Gasteiger partial charge >= 0.3 is 0 Å². The minimum atomic E-state index is -0.132. The first-order chi connectivity index (χ1) is 8.60. The molecule has 1 saturated carbocycles. The standard InChI is InChI=1S/C13H24N4O/c1-11(2)10-13(6-3-4-7-13)12(18)15-8-5-9-16-17-14/h11H,3-10H2,1-2H3,(H,15,18). The molecule has 1 aliphatic carbocycles. The molecule has 0 heterocycles. The van der Waals surface area contributed by atoms with Crippen molar-refractivity contribution in [2.75, 3.05) is 13.1 Å². The van der Waals surface area contributed by atoms with Crippen molar-refractivity contribution in [3.05, 3.63) is 10.4 Å². The molecule has 1 amide bonds. The fraction of sp³-hybridized carbons (Fsp3) is 0.923. The predicted octanol–water partition coefficient (Wildman–Crippen LogP) is 3.41. The van der Waals surface area contributed by atoms with Gasteiger partial charge in [0.25, 0.3) is 0 Å². The summed E-state index contributed by atoms with van der Waals surface area (Å²) in [5.74, 6) is 0.756. The van der Waals surface area contributed by atoms with E-state index >= 15 is 0 Å². The second kappa shape index (κ2) is 7.27. The molecule has 0 atom stereocenters. The van der Waals surface area contributed by atoms with E-state index in [-0.39, 0.29) is 11.3 Å². The van der Waals surface area contributed by atoms with E-state index in [4.69, 9.17) is 5.53 Å².